The van der Waals surface area contributed by atoms with Crippen molar-refractivity contribution >= 4 is 21.2 Å². The van der Waals surface area contributed by atoms with E-state index in [0.29, 0.717) is 32.7 Å². The second-order valence-electron chi connectivity index (χ2n) is 4.77. The van der Waals surface area contributed by atoms with Gasteiger partial charge in [-0.1, -0.05) is 12.1 Å². The van der Waals surface area contributed by atoms with E-state index < -0.39 is 10.2 Å². The molecule has 9 heteroatoms. The lowest BCUT2D eigenvalue weighted by Gasteiger charge is -2.32. The van der Waals surface area contributed by atoms with Gasteiger partial charge in [0.1, 0.15) is 11.0 Å². The summed E-state index contributed by atoms with van der Waals surface area (Å²) in [6, 6.07) is 5.72. The van der Waals surface area contributed by atoms with Crippen LogP contribution < -0.4 is 5.14 Å². The summed E-state index contributed by atoms with van der Waals surface area (Å²) in [5.41, 5.74) is 2.50. The van der Waals surface area contributed by atoms with Crippen molar-refractivity contribution in [3.63, 3.8) is 0 Å². The Hall–Kier alpha value is -1.55. The molecule has 8 nitrogen and oxygen atoms in total. The van der Waals surface area contributed by atoms with Gasteiger partial charge in [-0.2, -0.15) is 12.7 Å². The number of rotatable bonds is 3. The van der Waals surface area contributed by atoms with Gasteiger partial charge in [0.05, 0.1) is 0 Å². The molecule has 1 aliphatic rings. The molecule has 1 aromatic carbocycles. The van der Waals surface area contributed by atoms with Crippen LogP contribution in [0.4, 0.5) is 0 Å². The molecule has 1 fully saturated rings. The Kier molecular flexibility index (Phi) is 3.42. The third kappa shape index (κ3) is 2.66. The van der Waals surface area contributed by atoms with Crippen LogP contribution in [-0.2, 0) is 16.8 Å². The maximum Gasteiger partial charge on any atom is 0.276 e. The van der Waals surface area contributed by atoms with E-state index in [-0.39, 0.29) is 0 Å². The first kappa shape index (κ1) is 13.4. The van der Waals surface area contributed by atoms with Gasteiger partial charge in [0, 0.05) is 32.7 Å². The molecule has 3 rings (SSSR count). The predicted molar refractivity (Wildman–Crippen MR) is 71.8 cm³/mol. The second kappa shape index (κ2) is 5.09. The molecule has 0 saturated carbocycles. The molecule has 1 saturated heterocycles. The van der Waals surface area contributed by atoms with Gasteiger partial charge >= 0.3 is 0 Å². The summed E-state index contributed by atoms with van der Waals surface area (Å²) in [7, 11) is -3.58. The zero-order valence-corrected chi connectivity index (χ0v) is 11.6. The molecule has 2 N–H and O–H groups in total. The molecule has 1 aromatic heterocycles. The second-order valence-corrected chi connectivity index (χ2v) is 6.32. The largest absolute Gasteiger partial charge is 0.296 e. The molecule has 0 atom stereocenters. The van der Waals surface area contributed by atoms with E-state index in [1.807, 2.05) is 18.2 Å². The fraction of sp³-hybridized carbons (Fsp3) is 0.455. The van der Waals surface area contributed by atoms with Crippen molar-refractivity contribution in [1.29, 1.82) is 0 Å². The Morgan fingerprint density at radius 3 is 2.65 bits per heavy atom. The van der Waals surface area contributed by atoms with E-state index in [1.165, 1.54) is 4.31 Å². The molecular weight excluding hydrogens is 282 g/mol. The number of benzene rings is 1. The van der Waals surface area contributed by atoms with Crippen LogP contribution in [0, 0.1) is 0 Å². The Balaban J connectivity index is 1.70. The molecule has 108 valence electrons. The number of hydrogen-bond acceptors (Lipinski definition) is 6. The minimum atomic E-state index is -3.58. The number of aromatic nitrogens is 2. The summed E-state index contributed by atoms with van der Waals surface area (Å²) in [5, 5.41) is 12.8. The summed E-state index contributed by atoms with van der Waals surface area (Å²) in [4.78, 5) is 2.16. The van der Waals surface area contributed by atoms with Crippen molar-refractivity contribution in [2.24, 2.45) is 5.14 Å². The number of piperazine rings is 1. The van der Waals surface area contributed by atoms with Gasteiger partial charge in [-0.05, 0) is 21.9 Å². The Morgan fingerprint density at radius 2 is 1.95 bits per heavy atom. The van der Waals surface area contributed by atoms with Crippen LogP contribution in [-0.4, -0.2) is 54.1 Å². The van der Waals surface area contributed by atoms with Gasteiger partial charge < -0.3 is 0 Å². The van der Waals surface area contributed by atoms with E-state index in [9.17, 15) is 8.42 Å². The Morgan fingerprint density at radius 1 is 1.20 bits per heavy atom. The average molecular weight is 297 g/mol. The van der Waals surface area contributed by atoms with E-state index in [0.717, 1.165) is 16.6 Å². The van der Waals surface area contributed by atoms with Crippen LogP contribution >= 0.6 is 0 Å². The highest BCUT2D eigenvalue weighted by Crippen LogP contribution is 2.17. The minimum Gasteiger partial charge on any atom is -0.296 e. The lowest BCUT2D eigenvalue weighted by Crippen LogP contribution is -2.50. The summed E-state index contributed by atoms with van der Waals surface area (Å²) in [5.74, 6) is 0. The van der Waals surface area contributed by atoms with Gasteiger partial charge in [-0.3, -0.25) is 4.90 Å². The highest BCUT2D eigenvalue weighted by atomic mass is 32.2. The lowest BCUT2D eigenvalue weighted by atomic mass is 10.1. The van der Waals surface area contributed by atoms with Crippen LogP contribution in [0.15, 0.2) is 22.8 Å². The first-order valence-electron chi connectivity index (χ1n) is 6.24. The standard InChI is InChI=1S/C11H15N5O3S/c12-20(17,18)16-6-4-15(5-7-16)8-9-2-1-3-10-11(9)14-19-13-10/h1-3H,4-8H2,(H2,12,17,18). The van der Waals surface area contributed by atoms with Gasteiger partial charge in [0.25, 0.3) is 10.2 Å². The van der Waals surface area contributed by atoms with Crippen molar-refractivity contribution < 1.29 is 13.0 Å². The molecular formula is C11H15N5O3S. The summed E-state index contributed by atoms with van der Waals surface area (Å²) in [6.45, 7) is 2.78. The molecule has 2 heterocycles. The zero-order chi connectivity index (χ0) is 14.2. The third-order valence-electron chi connectivity index (χ3n) is 3.45. The highest BCUT2D eigenvalue weighted by Gasteiger charge is 2.24. The Bertz CT molecular complexity index is 706. The van der Waals surface area contributed by atoms with Crippen LogP contribution in [0.1, 0.15) is 5.56 Å². The fourth-order valence-corrected chi connectivity index (χ4v) is 3.04. The summed E-state index contributed by atoms with van der Waals surface area (Å²) in [6.07, 6.45) is 0. The van der Waals surface area contributed by atoms with Gasteiger partial charge in [-0.25, -0.2) is 9.77 Å². The van der Waals surface area contributed by atoms with E-state index in [1.54, 1.807) is 0 Å². The molecule has 1 aliphatic heterocycles. The van der Waals surface area contributed by atoms with Gasteiger partial charge in [-0.15, -0.1) is 0 Å². The zero-order valence-electron chi connectivity index (χ0n) is 10.8. The average Bonchev–Trinajstić information content (AvgIpc) is 2.88. The maximum absolute atomic E-state index is 11.2. The topological polar surface area (TPSA) is 106 Å². The maximum atomic E-state index is 11.2. The van der Waals surface area contributed by atoms with E-state index >= 15 is 0 Å². The smallest absolute Gasteiger partial charge is 0.276 e. The van der Waals surface area contributed by atoms with Crippen LogP contribution in [0.3, 0.4) is 0 Å². The number of fused-ring (bicyclic) bond motifs is 1. The fourth-order valence-electron chi connectivity index (χ4n) is 2.37. The highest BCUT2D eigenvalue weighted by molar-refractivity contribution is 7.86. The summed E-state index contributed by atoms with van der Waals surface area (Å²) >= 11 is 0. The molecule has 20 heavy (non-hydrogen) atoms. The van der Waals surface area contributed by atoms with Crippen molar-refractivity contribution in [3.05, 3.63) is 23.8 Å². The van der Waals surface area contributed by atoms with Crippen LogP contribution in [0.2, 0.25) is 0 Å². The van der Waals surface area contributed by atoms with Gasteiger partial charge in [0.15, 0.2) is 0 Å². The van der Waals surface area contributed by atoms with Crippen LogP contribution in [0.5, 0.6) is 0 Å². The predicted octanol–water partition coefficient (Wildman–Crippen LogP) is -0.456. The first-order valence-corrected chi connectivity index (χ1v) is 7.75. The van der Waals surface area contributed by atoms with Crippen molar-refractivity contribution in [2.75, 3.05) is 26.2 Å². The normalized spacial score (nSPS) is 18.6. The molecule has 0 radical (unpaired) electrons. The number of hydrogen-bond donors (Lipinski definition) is 1. The van der Waals surface area contributed by atoms with Crippen molar-refractivity contribution in [2.45, 2.75) is 6.54 Å². The number of nitrogens with two attached hydrogens (primary N) is 1. The van der Waals surface area contributed by atoms with E-state index in [2.05, 4.69) is 15.2 Å². The van der Waals surface area contributed by atoms with Crippen molar-refractivity contribution in [1.82, 2.24) is 19.5 Å². The van der Waals surface area contributed by atoms with Crippen molar-refractivity contribution in [3.8, 4) is 0 Å². The summed E-state index contributed by atoms with van der Waals surface area (Å²) < 4.78 is 28.5. The molecule has 2 aromatic rings. The third-order valence-corrected chi connectivity index (χ3v) is 4.54. The monoisotopic (exact) mass is 297 g/mol. The van der Waals surface area contributed by atoms with Crippen LogP contribution in [0.25, 0.3) is 11.0 Å². The SMILES string of the molecule is NS(=O)(=O)N1CCN(Cc2cccc3nonc23)CC1. The molecule has 0 aliphatic carbocycles. The Labute approximate surface area is 116 Å². The molecule has 0 spiro atoms. The molecule has 0 unspecified atom stereocenters. The molecule has 0 bridgehead atoms. The first-order chi connectivity index (χ1) is 9.54. The minimum absolute atomic E-state index is 0.409. The molecule has 0 amide bonds. The number of nitrogens with zero attached hydrogens (tertiary/aromatic N) is 4. The lowest BCUT2D eigenvalue weighted by molar-refractivity contribution is 0.182. The van der Waals surface area contributed by atoms with E-state index in [4.69, 9.17) is 9.77 Å². The quantitative estimate of drug-likeness (QED) is 0.822. The van der Waals surface area contributed by atoms with Gasteiger partial charge in [0.2, 0.25) is 0 Å².